The quantitative estimate of drug-likeness (QED) is 0.664. The summed E-state index contributed by atoms with van der Waals surface area (Å²) in [5, 5.41) is 5.07. The zero-order valence-electron chi connectivity index (χ0n) is 17.8. The number of benzene rings is 2. The number of nitrogens with one attached hydrogen (secondary N) is 2. The highest BCUT2D eigenvalue weighted by atomic mass is 32.2. The largest absolute Gasteiger partial charge is 0.495 e. The van der Waals surface area contributed by atoms with E-state index in [1.807, 2.05) is 13.0 Å². The van der Waals surface area contributed by atoms with Crippen molar-refractivity contribution >= 4 is 27.5 Å². The number of rotatable bonds is 6. The molecule has 0 saturated carbocycles. The Morgan fingerprint density at radius 2 is 1.87 bits per heavy atom. The van der Waals surface area contributed by atoms with Gasteiger partial charge in [0.2, 0.25) is 10.0 Å². The van der Waals surface area contributed by atoms with Gasteiger partial charge in [0.15, 0.2) is 0 Å². The van der Waals surface area contributed by atoms with Gasteiger partial charge in [0, 0.05) is 19.1 Å². The number of ether oxygens (including phenoxy) is 1. The Morgan fingerprint density at radius 3 is 2.61 bits per heavy atom. The topological polar surface area (TPSA) is 105 Å². The fraction of sp³-hybridized carbons (Fsp3) is 0.364. The van der Waals surface area contributed by atoms with Gasteiger partial charge in [0.1, 0.15) is 5.75 Å². The van der Waals surface area contributed by atoms with Crippen molar-refractivity contribution in [3.8, 4) is 5.75 Å². The smallest absolute Gasteiger partial charge is 0.313 e. The Kier molecular flexibility index (Phi) is 6.97. The Balaban J connectivity index is 1.66. The van der Waals surface area contributed by atoms with Gasteiger partial charge in [-0.2, -0.15) is 4.31 Å². The van der Waals surface area contributed by atoms with Crippen LogP contribution in [-0.2, 0) is 19.6 Å². The predicted octanol–water partition coefficient (Wildman–Crippen LogP) is 2.22. The molecule has 1 atom stereocenters. The maximum absolute atomic E-state index is 13.2. The van der Waals surface area contributed by atoms with Crippen molar-refractivity contribution in [1.82, 2.24) is 9.62 Å². The van der Waals surface area contributed by atoms with Crippen molar-refractivity contribution in [2.24, 2.45) is 0 Å². The standard InChI is InChI=1S/C22H27N3O5S/c1-15-10-11-16(2)20(13-15)31(28,29)25-12-6-7-17(25)14-23-21(26)22(27)24-18-8-4-5-9-19(18)30-3/h4-5,8-11,13,17H,6-7,12,14H2,1-3H3,(H,23,26)(H,24,27)/t17-/m1/s1. The van der Waals surface area contributed by atoms with Crippen molar-refractivity contribution in [3.05, 3.63) is 53.6 Å². The average Bonchev–Trinajstić information content (AvgIpc) is 3.23. The number of hydrogen-bond acceptors (Lipinski definition) is 5. The summed E-state index contributed by atoms with van der Waals surface area (Å²) in [6, 6.07) is 11.7. The summed E-state index contributed by atoms with van der Waals surface area (Å²) in [6.07, 6.45) is 1.30. The molecule has 2 N–H and O–H groups in total. The fourth-order valence-electron chi connectivity index (χ4n) is 3.66. The Morgan fingerprint density at radius 1 is 1.13 bits per heavy atom. The summed E-state index contributed by atoms with van der Waals surface area (Å²) in [6.45, 7) is 4.05. The summed E-state index contributed by atoms with van der Waals surface area (Å²) in [7, 11) is -2.23. The summed E-state index contributed by atoms with van der Waals surface area (Å²) >= 11 is 0. The highest BCUT2D eigenvalue weighted by molar-refractivity contribution is 7.89. The molecule has 1 saturated heterocycles. The molecular formula is C22H27N3O5S. The molecule has 8 nitrogen and oxygen atoms in total. The lowest BCUT2D eigenvalue weighted by Crippen LogP contribution is -2.45. The molecule has 0 spiro atoms. The van der Waals surface area contributed by atoms with Crippen LogP contribution in [0.25, 0.3) is 0 Å². The third kappa shape index (κ3) is 5.05. The Labute approximate surface area is 182 Å². The van der Waals surface area contributed by atoms with Gasteiger partial charge >= 0.3 is 11.8 Å². The van der Waals surface area contributed by atoms with Crippen LogP contribution in [0.2, 0.25) is 0 Å². The maximum Gasteiger partial charge on any atom is 0.313 e. The summed E-state index contributed by atoms with van der Waals surface area (Å²) in [5.74, 6) is -1.24. The highest BCUT2D eigenvalue weighted by Crippen LogP contribution is 2.28. The molecule has 3 rings (SSSR count). The van der Waals surface area contributed by atoms with Gasteiger partial charge in [-0.25, -0.2) is 8.42 Å². The van der Waals surface area contributed by atoms with E-state index in [2.05, 4.69) is 10.6 Å². The zero-order chi connectivity index (χ0) is 22.6. The van der Waals surface area contributed by atoms with Crippen LogP contribution in [0.15, 0.2) is 47.4 Å². The minimum Gasteiger partial charge on any atom is -0.495 e. The van der Waals surface area contributed by atoms with E-state index < -0.39 is 27.9 Å². The van der Waals surface area contributed by atoms with E-state index in [1.54, 1.807) is 43.3 Å². The number of carbonyl (C=O) groups excluding carboxylic acids is 2. The van der Waals surface area contributed by atoms with Gasteiger partial charge in [0.05, 0.1) is 17.7 Å². The molecule has 2 amide bonds. The number of hydrogen-bond donors (Lipinski definition) is 2. The molecular weight excluding hydrogens is 418 g/mol. The number of anilines is 1. The molecule has 166 valence electrons. The number of nitrogens with zero attached hydrogens (tertiary/aromatic N) is 1. The van der Waals surface area contributed by atoms with Crippen LogP contribution >= 0.6 is 0 Å². The number of methoxy groups -OCH3 is 1. The molecule has 2 aromatic carbocycles. The molecule has 0 aromatic heterocycles. The summed E-state index contributed by atoms with van der Waals surface area (Å²) in [5.41, 5.74) is 1.92. The first-order valence-corrected chi connectivity index (χ1v) is 11.5. The zero-order valence-corrected chi connectivity index (χ0v) is 18.7. The predicted molar refractivity (Wildman–Crippen MR) is 117 cm³/mol. The van der Waals surface area contributed by atoms with E-state index in [9.17, 15) is 18.0 Å². The van der Waals surface area contributed by atoms with Crippen molar-refractivity contribution in [2.45, 2.75) is 37.6 Å². The number of sulfonamides is 1. The summed E-state index contributed by atoms with van der Waals surface area (Å²) in [4.78, 5) is 24.8. The molecule has 0 bridgehead atoms. The maximum atomic E-state index is 13.2. The molecule has 1 aliphatic heterocycles. The van der Waals surface area contributed by atoms with Crippen molar-refractivity contribution in [1.29, 1.82) is 0 Å². The number of aryl methyl sites for hydroxylation is 2. The van der Waals surface area contributed by atoms with E-state index in [0.717, 1.165) is 5.56 Å². The highest BCUT2D eigenvalue weighted by Gasteiger charge is 2.36. The molecule has 1 fully saturated rings. The van der Waals surface area contributed by atoms with Crippen LogP contribution in [0, 0.1) is 13.8 Å². The molecule has 0 radical (unpaired) electrons. The first-order valence-electron chi connectivity index (χ1n) is 10.1. The van der Waals surface area contributed by atoms with Gasteiger partial charge in [-0.1, -0.05) is 24.3 Å². The first-order chi connectivity index (χ1) is 14.7. The number of carbonyl (C=O) groups is 2. The van der Waals surface area contributed by atoms with Crippen molar-refractivity contribution < 1.29 is 22.7 Å². The second kappa shape index (κ2) is 9.49. The van der Waals surface area contributed by atoms with E-state index in [0.29, 0.717) is 36.4 Å². The Hall–Kier alpha value is -2.91. The minimum atomic E-state index is -3.70. The third-order valence-electron chi connectivity index (χ3n) is 5.31. The van der Waals surface area contributed by atoms with Crippen LogP contribution in [0.5, 0.6) is 5.75 Å². The fourth-order valence-corrected chi connectivity index (χ4v) is 5.66. The van der Waals surface area contributed by atoms with Crippen LogP contribution < -0.4 is 15.4 Å². The van der Waals surface area contributed by atoms with Gasteiger partial charge in [-0.3, -0.25) is 9.59 Å². The third-order valence-corrected chi connectivity index (χ3v) is 7.41. The van der Waals surface area contributed by atoms with E-state index in [4.69, 9.17) is 4.74 Å². The average molecular weight is 446 g/mol. The molecule has 1 heterocycles. The number of para-hydroxylation sites is 2. The van der Waals surface area contributed by atoms with E-state index in [-0.39, 0.29) is 11.4 Å². The van der Waals surface area contributed by atoms with Crippen molar-refractivity contribution in [2.75, 3.05) is 25.5 Å². The lowest BCUT2D eigenvalue weighted by molar-refractivity contribution is -0.136. The van der Waals surface area contributed by atoms with Gasteiger partial charge in [-0.15, -0.1) is 0 Å². The molecule has 1 aliphatic rings. The van der Waals surface area contributed by atoms with E-state index in [1.165, 1.54) is 11.4 Å². The molecule has 0 aliphatic carbocycles. The first kappa shape index (κ1) is 22.8. The molecule has 0 unspecified atom stereocenters. The lowest BCUT2D eigenvalue weighted by atomic mass is 10.2. The normalized spacial score (nSPS) is 16.7. The van der Waals surface area contributed by atoms with Crippen LogP contribution in [-0.4, -0.2) is 50.8 Å². The lowest BCUT2D eigenvalue weighted by Gasteiger charge is -2.25. The summed E-state index contributed by atoms with van der Waals surface area (Å²) < 4.78 is 33.0. The van der Waals surface area contributed by atoms with Crippen LogP contribution in [0.3, 0.4) is 0 Å². The minimum absolute atomic E-state index is 0.0578. The molecule has 2 aromatic rings. The van der Waals surface area contributed by atoms with Crippen LogP contribution in [0.1, 0.15) is 24.0 Å². The monoisotopic (exact) mass is 445 g/mol. The Bertz CT molecular complexity index is 1080. The second-order valence-electron chi connectivity index (χ2n) is 7.55. The molecule has 31 heavy (non-hydrogen) atoms. The SMILES string of the molecule is COc1ccccc1NC(=O)C(=O)NC[C@H]1CCCN1S(=O)(=O)c1cc(C)ccc1C. The van der Waals surface area contributed by atoms with E-state index >= 15 is 0 Å². The van der Waals surface area contributed by atoms with Gasteiger partial charge in [0.25, 0.3) is 0 Å². The van der Waals surface area contributed by atoms with Gasteiger partial charge < -0.3 is 15.4 Å². The van der Waals surface area contributed by atoms with Crippen molar-refractivity contribution in [3.63, 3.8) is 0 Å². The number of amides is 2. The molecule has 9 heteroatoms. The second-order valence-corrected chi connectivity index (χ2v) is 9.40. The van der Waals surface area contributed by atoms with Gasteiger partial charge in [-0.05, 0) is 56.0 Å². The van der Waals surface area contributed by atoms with Crippen LogP contribution in [0.4, 0.5) is 5.69 Å².